The highest BCUT2D eigenvalue weighted by Crippen LogP contribution is 2.48. The van der Waals surface area contributed by atoms with E-state index in [1.165, 1.54) is 35.2 Å². The second-order valence-electron chi connectivity index (χ2n) is 8.98. The first-order chi connectivity index (χ1) is 18.1. The van der Waals surface area contributed by atoms with Gasteiger partial charge in [-0.2, -0.15) is 13.2 Å². The fraction of sp³-hybridized carbons (Fsp3) is 0.308. The molecule has 4 rings (SSSR count). The molecule has 13 heteroatoms. The van der Waals surface area contributed by atoms with Crippen molar-refractivity contribution < 1.29 is 54.1 Å². The van der Waals surface area contributed by atoms with Crippen molar-refractivity contribution in [3.8, 4) is 11.5 Å². The van der Waals surface area contributed by atoms with Gasteiger partial charge in [0.05, 0.1) is 6.54 Å². The maximum Gasteiger partial charge on any atom is 0.573 e. The zero-order chi connectivity index (χ0) is 28.6. The third-order valence-electron chi connectivity index (χ3n) is 6.25. The average molecular weight is 565 g/mol. The number of ether oxygens (including phenoxy) is 2. The van der Waals surface area contributed by atoms with E-state index in [1.807, 2.05) is 0 Å². The molecule has 0 bridgehead atoms. The predicted molar refractivity (Wildman–Crippen MR) is 121 cm³/mol. The molecular formula is C26H20F9NO3. The van der Waals surface area contributed by atoms with Crippen LogP contribution < -0.4 is 14.4 Å². The first-order valence-electron chi connectivity index (χ1n) is 11.4. The lowest BCUT2D eigenvalue weighted by Crippen LogP contribution is -2.44. The van der Waals surface area contributed by atoms with Gasteiger partial charge in [-0.15, -0.1) is 26.3 Å². The van der Waals surface area contributed by atoms with Gasteiger partial charge < -0.3 is 19.5 Å². The van der Waals surface area contributed by atoms with E-state index in [0.29, 0.717) is 5.56 Å². The molecular weight excluding hydrogens is 545 g/mol. The summed E-state index contributed by atoms with van der Waals surface area (Å²) < 4.78 is 125. The molecule has 0 saturated carbocycles. The fourth-order valence-corrected chi connectivity index (χ4v) is 4.82. The third kappa shape index (κ3) is 6.70. The van der Waals surface area contributed by atoms with Crippen molar-refractivity contribution in [2.24, 2.45) is 0 Å². The predicted octanol–water partition coefficient (Wildman–Crippen LogP) is 6.76. The van der Waals surface area contributed by atoms with E-state index in [0.717, 1.165) is 24.3 Å². The number of aliphatic hydroxyl groups is 1. The standard InChI is InChI=1S/C26H20F9NO3/c27-24(28,29)22(37)14-36-15-23(20-9-1-2-10-21(20)36,17-6-4-8-19(12-17)39-26(33,34)35)13-16-5-3-7-18(11-16)38-25(30,31)32/h1-12,22,37H,13-15H2. The number of halogens is 9. The molecule has 0 saturated heterocycles. The smallest absolute Gasteiger partial charge is 0.406 e. The Morgan fingerprint density at radius 1 is 0.769 bits per heavy atom. The molecule has 1 heterocycles. The zero-order valence-electron chi connectivity index (χ0n) is 19.7. The second-order valence-corrected chi connectivity index (χ2v) is 8.98. The molecule has 3 aromatic rings. The Kier molecular flexibility index (Phi) is 7.41. The molecule has 210 valence electrons. The lowest BCUT2D eigenvalue weighted by molar-refractivity contribution is -0.275. The van der Waals surface area contributed by atoms with Crippen LogP contribution in [-0.4, -0.2) is 43.2 Å². The minimum Gasteiger partial charge on any atom is -0.406 e. The van der Waals surface area contributed by atoms with Crippen molar-refractivity contribution in [1.82, 2.24) is 0 Å². The van der Waals surface area contributed by atoms with E-state index in [-0.39, 0.29) is 29.8 Å². The lowest BCUT2D eigenvalue weighted by Gasteiger charge is -2.33. The molecule has 0 fully saturated rings. The number of para-hydroxylation sites is 1. The van der Waals surface area contributed by atoms with Crippen LogP contribution in [0.2, 0.25) is 0 Å². The first-order valence-corrected chi connectivity index (χ1v) is 11.4. The maximum absolute atomic E-state index is 13.2. The van der Waals surface area contributed by atoms with E-state index in [4.69, 9.17) is 0 Å². The Balaban J connectivity index is 1.84. The summed E-state index contributed by atoms with van der Waals surface area (Å²) in [7, 11) is 0. The van der Waals surface area contributed by atoms with Crippen LogP contribution >= 0.6 is 0 Å². The molecule has 0 aromatic heterocycles. The minimum absolute atomic E-state index is 0.132. The van der Waals surface area contributed by atoms with Gasteiger partial charge in [0, 0.05) is 17.6 Å². The van der Waals surface area contributed by atoms with E-state index >= 15 is 0 Å². The number of nitrogens with zero attached hydrogens (tertiary/aromatic N) is 1. The summed E-state index contributed by atoms with van der Waals surface area (Å²) in [5.41, 5.74) is -0.171. The summed E-state index contributed by atoms with van der Waals surface area (Å²) >= 11 is 0. The number of benzene rings is 3. The number of hydrogen-bond donors (Lipinski definition) is 1. The van der Waals surface area contributed by atoms with Crippen LogP contribution in [0, 0.1) is 0 Å². The van der Waals surface area contributed by atoms with Gasteiger partial charge in [-0.3, -0.25) is 0 Å². The van der Waals surface area contributed by atoms with Gasteiger partial charge in [0.15, 0.2) is 6.10 Å². The van der Waals surface area contributed by atoms with Crippen LogP contribution in [0.25, 0.3) is 0 Å². The van der Waals surface area contributed by atoms with Crippen LogP contribution in [0.15, 0.2) is 72.8 Å². The molecule has 3 aromatic carbocycles. The van der Waals surface area contributed by atoms with Crippen LogP contribution in [0.3, 0.4) is 0 Å². The molecule has 1 aliphatic rings. The molecule has 39 heavy (non-hydrogen) atoms. The lowest BCUT2D eigenvalue weighted by atomic mass is 9.71. The molecule has 1 N–H and O–H groups in total. The number of alkyl halides is 9. The summed E-state index contributed by atoms with van der Waals surface area (Å²) in [6.07, 6.45) is -17.8. The quantitative estimate of drug-likeness (QED) is 0.322. The summed E-state index contributed by atoms with van der Waals surface area (Å²) in [5, 5.41) is 9.78. The Morgan fingerprint density at radius 2 is 1.36 bits per heavy atom. The van der Waals surface area contributed by atoms with Crippen molar-refractivity contribution in [2.75, 3.05) is 18.0 Å². The number of anilines is 1. The Morgan fingerprint density at radius 3 is 1.97 bits per heavy atom. The topological polar surface area (TPSA) is 41.9 Å². The van der Waals surface area contributed by atoms with Gasteiger partial charge in [-0.05, 0) is 53.4 Å². The Bertz CT molecular complexity index is 1310. The molecule has 4 nitrogen and oxygen atoms in total. The molecule has 2 unspecified atom stereocenters. The minimum atomic E-state index is -5.02. The van der Waals surface area contributed by atoms with Crippen molar-refractivity contribution in [3.05, 3.63) is 89.5 Å². The monoisotopic (exact) mass is 565 g/mol. The van der Waals surface area contributed by atoms with Crippen molar-refractivity contribution in [1.29, 1.82) is 0 Å². The Labute approximate surface area is 216 Å². The normalized spacial score (nSPS) is 18.6. The average Bonchev–Trinajstić information content (AvgIpc) is 3.11. The highest BCUT2D eigenvalue weighted by molar-refractivity contribution is 5.67. The first kappa shape index (κ1) is 28.4. The molecule has 0 spiro atoms. The highest BCUT2D eigenvalue weighted by atomic mass is 19.4. The summed E-state index contributed by atoms with van der Waals surface area (Å²) in [6, 6.07) is 16.0. The van der Waals surface area contributed by atoms with Gasteiger partial charge in [0.1, 0.15) is 11.5 Å². The van der Waals surface area contributed by atoms with Gasteiger partial charge >= 0.3 is 18.9 Å². The van der Waals surface area contributed by atoms with Crippen molar-refractivity contribution in [3.63, 3.8) is 0 Å². The van der Waals surface area contributed by atoms with Gasteiger partial charge in [0.25, 0.3) is 0 Å². The van der Waals surface area contributed by atoms with E-state index < -0.39 is 48.5 Å². The number of rotatable bonds is 7. The Hall–Kier alpha value is -3.61. The fourth-order valence-electron chi connectivity index (χ4n) is 4.82. The van der Waals surface area contributed by atoms with Gasteiger partial charge in [0.2, 0.25) is 0 Å². The van der Waals surface area contributed by atoms with E-state index in [1.54, 1.807) is 18.2 Å². The molecule has 2 atom stereocenters. The summed E-state index contributed by atoms with van der Waals surface area (Å²) in [4.78, 5) is 1.25. The number of aliphatic hydroxyl groups excluding tert-OH is 1. The van der Waals surface area contributed by atoms with Gasteiger partial charge in [-0.1, -0.05) is 42.5 Å². The molecule has 1 aliphatic heterocycles. The molecule has 0 amide bonds. The van der Waals surface area contributed by atoms with Gasteiger partial charge in [-0.25, -0.2) is 0 Å². The number of fused-ring (bicyclic) bond motifs is 1. The SMILES string of the molecule is OC(CN1CC(Cc2cccc(OC(F)(F)F)c2)(c2cccc(OC(F)(F)F)c2)c2ccccc21)C(F)(F)F. The van der Waals surface area contributed by atoms with Crippen LogP contribution in [0.5, 0.6) is 11.5 Å². The summed E-state index contributed by atoms with van der Waals surface area (Å²) in [5.74, 6) is -1.13. The zero-order valence-corrected chi connectivity index (χ0v) is 19.7. The van der Waals surface area contributed by atoms with Crippen molar-refractivity contribution in [2.45, 2.75) is 36.8 Å². The maximum atomic E-state index is 13.2. The number of β-amino-alcohol motifs (C(OH)–C–C–N with tert-alkyl or cyclic N) is 1. The van der Waals surface area contributed by atoms with Crippen LogP contribution in [0.1, 0.15) is 16.7 Å². The number of hydrogen-bond acceptors (Lipinski definition) is 4. The molecule has 0 radical (unpaired) electrons. The summed E-state index contributed by atoms with van der Waals surface area (Å²) in [6.45, 7) is -1.11. The van der Waals surface area contributed by atoms with E-state index in [2.05, 4.69) is 9.47 Å². The van der Waals surface area contributed by atoms with Crippen LogP contribution in [-0.2, 0) is 11.8 Å². The van der Waals surface area contributed by atoms with Crippen LogP contribution in [0.4, 0.5) is 45.2 Å². The third-order valence-corrected chi connectivity index (χ3v) is 6.25. The highest BCUT2D eigenvalue weighted by Gasteiger charge is 2.47. The largest absolute Gasteiger partial charge is 0.573 e. The second kappa shape index (κ2) is 10.2. The van der Waals surface area contributed by atoms with E-state index in [9.17, 15) is 44.6 Å². The van der Waals surface area contributed by atoms with Crippen molar-refractivity contribution >= 4 is 5.69 Å². The molecule has 0 aliphatic carbocycles.